The molecule has 3 heterocycles. The SMILES string of the molecule is COc1cccn2c(C3CCN(C)CC3)nnc12. The maximum absolute atomic E-state index is 5.31. The summed E-state index contributed by atoms with van der Waals surface area (Å²) in [6.45, 7) is 2.26. The minimum atomic E-state index is 0.503. The van der Waals surface area contributed by atoms with Gasteiger partial charge in [0.15, 0.2) is 5.75 Å². The summed E-state index contributed by atoms with van der Waals surface area (Å²) in [6.07, 6.45) is 4.31. The van der Waals surface area contributed by atoms with E-state index >= 15 is 0 Å². The predicted octanol–water partition coefficient (Wildman–Crippen LogP) is 1.55. The highest BCUT2D eigenvalue weighted by molar-refractivity contribution is 5.53. The molecule has 1 saturated heterocycles. The first-order chi connectivity index (χ1) is 8.79. The van der Waals surface area contributed by atoms with Gasteiger partial charge in [-0.3, -0.25) is 4.40 Å². The van der Waals surface area contributed by atoms with Crippen molar-refractivity contribution >= 4 is 5.65 Å². The van der Waals surface area contributed by atoms with E-state index in [-0.39, 0.29) is 0 Å². The number of pyridine rings is 1. The summed E-state index contributed by atoms with van der Waals surface area (Å²) in [5.74, 6) is 2.35. The molecule has 0 spiro atoms. The van der Waals surface area contributed by atoms with Crippen LogP contribution < -0.4 is 4.74 Å². The highest BCUT2D eigenvalue weighted by Gasteiger charge is 2.23. The molecule has 5 heteroatoms. The second kappa shape index (κ2) is 4.57. The third-order valence-corrected chi connectivity index (χ3v) is 3.73. The van der Waals surface area contributed by atoms with Crippen LogP contribution in [0.5, 0.6) is 5.75 Å². The average Bonchev–Trinajstić information content (AvgIpc) is 2.83. The zero-order valence-corrected chi connectivity index (χ0v) is 10.8. The lowest BCUT2D eigenvalue weighted by Gasteiger charge is -2.27. The molecular formula is C13H18N4O. The van der Waals surface area contributed by atoms with E-state index in [0.29, 0.717) is 5.92 Å². The average molecular weight is 246 g/mol. The Morgan fingerprint density at radius 1 is 1.28 bits per heavy atom. The first-order valence-corrected chi connectivity index (χ1v) is 6.36. The van der Waals surface area contributed by atoms with Crippen LogP contribution >= 0.6 is 0 Å². The number of ether oxygens (including phenoxy) is 1. The van der Waals surface area contributed by atoms with E-state index in [0.717, 1.165) is 43.2 Å². The molecule has 2 aromatic heterocycles. The molecule has 0 N–H and O–H groups in total. The number of likely N-dealkylation sites (tertiary alicyclic amines) is 1. The molecule has 0 aliphatic carbocycles. The van der Waals surface area contributed by atoms with Gasteiger partial charge in [-0.25, -0.2) is 0 Å². The Balaban J connectivity index is 1.98. The molecule has 2 aromatic rings. The summed E-state index contributed by atoms with van der Waals surface area (Å²) >= 11 is 0. The molecule has 5 nitrogen and oxygen atoms in total. The van der Waals surface area contributed by atoms with Crippen LogP contribution in [0.15, 0.2) is 18.3 Å². The standard InChI is InChI=1S/C13H18N4O/c1-16-8-5-10(6-9-16)12-14-15-13-11(18-2)4-3-7-17(12)13/h3-4,7,10H,5-6,8-9H2,1-2H3. The third kappa shape index (κ3) is 1.84. The molecule has 18 heavy (non-hydrogen) atoms. The third-order valence-electron chi connectivity index (χ3n) is 3.73. The molecule has 3 rings (SSSR count). The van der Waals surface area contributed by atoms with Crippen molar-refractivity contribution in [2.75, 3.05) is 27.2 Å². The summed E-state index contributed by atoms with van der Waals surface area (Å²) in [4.78, 5) is 2.36. The molecular weight excluding hydrogens is 228 g/mol. The van der Waals surface area contributed by atoms with Crippen LogP contribution in [0.25, 0.3) is 5.65 Å². The number of piperidine rings is 1. The van der Waals surface area contributed by atoms with Crippen LogP contribution in [0.3, 0.4) is 0 Å². The fraction of sp³-hybridized carbons (Fsp3) is 0.538. The largest absolute Gasteiger partial charge is 0.493 e. The first kappa shape index (κ1) is 11.5. The molecule has 0 atom stereocenters. The zero-order valence-electron chi connectivity index (χ0n) is 10.8. The Hall–Kier alpha value is -1.62. The second-order valence-electron chi connectivity index (χ2n) is 4.91. The lowest BCUT2D eigenvalue weighted by atomic mass is 9.96. The van der Waals surface area contributed by atoms with Gasteiger partial charge in [0.05, 0.1) is 7.11 Å². The van der Waals surface area contributed by atoms with Crippen molar-refractivity contribution in [3.63, 3.8) is 0 Å². The number of hydrogen-bond acceptors (Lipinski definition) is 4. The normalized spacial score (nSPS) is 18.3. The van der Waals surface area contributed by atoms with Crippen LogP contribution in [-0.2, 0) is 0 Å². The topological polar surface area (TPSA) is 42.7 Å². The highest BCUT2D eigenvalue weighted by atomic mass is 16.5. The molecule has 96 valence electrons. The summed E-state index contributed by atoms with van der Waals surface area (Å²) in [5.41, 5.74) is 0.814. The van der Waals surface area contributed by atoms with Gasteiger partial charge in [0, 0.05) is 12.1 Å². The maximum Gasteiger partial charge on any atom is 0.203 e. The van der Waals surface area contributed by atoms with Crippen molar-refractivity contribution in [1.29, 1.82) is 0 Å². The van der Waals surface area contributed by atoms with Crippen molar-refractivity contribution in [1.82, 2.24) is 19.5 Å². The van der Waals surface area contributed by atoms with Crippen LogP contribution in [0.4, 0.5) is 0 Å². The first-order valence-electron chi connectivity index (χ1n) is 6.36. The second-order valence-corrected chi connectivity index (χ2v) is 4.91. The van der Waals surface area contributed by atoms with Crippen LogP contribution in [0.1, 0.15) is 24.6 Å². The van der Waals surface area contributed by atoms with E-state index in [2.05, 4.69) is 26.5 Å². The van der Waals surface area contributed by atoms with E-state index in [1.165, 1.54) is 0 Å². The zero-order chi connectivity index (χ0) is 12.5. The molecule has 0 bridgehead atoms. The summed E-state index contributed by atoms with van der Waals surface area (Å²) in [5, 5.41) is 8.63. The Labute approximate surface area is 106 Å². The molecule has 0 unspecified atom stereocenters. The van der Waals surface area contributed by atoms with Crippen molar-refractivity contribution < 1.29 is 4.74 Å². The van der Waals surface area contributed by atoms with Crippen molar-refractivity contribution in [2.45, 2.75) is 18.8 Å². The van der Waals surface area contributed by atoms with Crippen LogP contribution in [0.2, 0.25) is 0 Å². The van der Waals surface area contributed by atoms with E-state index in [1.807, 2.05) is 18.3 Å². The van der Waals surface area contributed by atoms with Gasteiger partial charge in [0.25, 0.3) is 0 Å². The number of fused-ring (bicyclic) bond motifs is 1. The number of rotatable bonds is 2. The van der Waals surface area contributed by atoms with Gasteiger partial charge in [-0.05, 0) is 45.1 Å². The molecule has 1 aliphatic heterocycles. The van der Waals surface area contributed by atoms with Gasteiger partial charge in [0.2, 0.25) is 5.65 Å². The lowest BCUT2D eigenvalue weighted by molar-refractivity contribution is 0.250. The smallest absolute Gasteiger partial charge is 0.203 e. The highest BCUT2D eigenvalue weighted by Crippen LogP contribution is 2.28. The minimum Gasteiger partial charge on any atom is -0.493 e. The van der Waals surface area contributed by atoms with Crippen LogP contribution in [-0.4, -0.2) is 46.7 Å². The Morgan fingerprint density at radius 2 is 2.06 bits per heavy atom. The van der Waals surface area contributed by atoms with E-state index in [9.17, 15) is 0 Å². The fourth-order valence-corrected chi connectivity index (χ4v) is 2.61. The van der Waals surface area contributed by atoms with Crippen molar-refractivity contribution in [3.8, 4) is 5.75 Å². The Kier molecular flexibility index (Phi) is 2.91. The Morgan fingerprint density at radius 3 is 2.78 bits per heavy atom. The Bertz CT molecular complexity index is 543. The van der Waals surface area contributed by atoms with Gasteiger partial charge in [-0.2, -0.15) is 0 Å². The number of aromatic nitrogens is 3. The van der Waals surface area contributed by atoms with E-state index in [4.69, 9.17) is 4.74 Å². The molecule has 0 radical (unpaired) electrons. The molecule has 0 saturated carbocycles. The number of nitrogens with zero attached hydrogens (tertiary/aromatic N) is 4. The molecule has 0 aromatic carbocycles. The molecule has 1 aliphatic rings. The lowest BCUT2D eigenvalue weighted by Crippen LogP contribution is -2.29. The van der Waals surface area contributed by atoms with Gasteiger partial charge in [-0.1, -0.05) is 0 Å². The predicted molar refractivity (Wildman–Crippen MR) is 69.0 cm³/mol. The number of hydrogen-bond donors (Lipinski definition) is 0. The summed E-state index contributed by atoms with van der Waals surface area (Å²) in [7, 11) is 3.83. The van der Waals surface area contributed by atoms with E-state index < -0.39 is 0 Å². The van der Waals surface area contributed by atoms with Crippen molar-refractivity contribution in [2.24, 2.45) is 0 Å². The monoisotopic (exact) mass is 246 g/mol. The van der Waals surface area contributed by atoms with Gasteiger partial charge in [0.1, 0.15) is 5.82 Å². The van der Waals surface area contributed by atoms with Gasteiger partial charge >= 0.3 is 0 Å². The molecule has 0 amide bonds. The van der Waals surface area contributed by atoms with Gasteiger partial charge < -0.3 is 9.64 Å². The summed E-state index contributed by atoms with van der Waals surface area (Å²) < 4.78 is 7.38. The molecule has 1 fully saturated rings. The number of methoxy groups -OCH3 is 1. The van der Waals surface area contributed by atoms with E-state index in [1.54, 1.807) is 7.11 Å². The fourth-order valence-electron chi connectivity index (χ4n) is 2.61. The quantitative estimate of drug-likeness (QED) is 0.806. The van der Waals surface area contributed by atoms with Crippen molar-refractivity contribution in [3.05, 3.63) is 24.2 Å². The van der Waals surface area contributed by atoms with Crippen LogP contribution in [0, 0.1) is 0 Å². The summed E-state index contributed by atoms with van der Waals surface area (Å²) in [6, 6.07) is 3.90. The minimum absolute atomic E-state index is 0.503. The maximum atomic E-state index is 5.31. The van der Waals surface area contributed by atoms with Gasteiger partial charge in [-0.15, -0.1) is 10.2 Å².